The molecule has 3 unspecified atom stereocenters. The summed E-state index contributed by atoms with van der Waals surface area (Å²) in [5.74, 6) is -0.960. The second-order valence-electron chi connectivity index (χ2n) is 10.9. The third-order valence-corrected chi connectivity index (χ3v) is 8.56. The number of carbonyl (C=O) groups is 2. The van der Waals surface area contributed by atoms with Gasteiger partial charge in [0.05, 0.1) is 19.2 Å². The van der Waals surface area contributed by atoms with Crippen LogP contribution in [0, 0.1) is 11.7 Å². The van der Waals surface area contributed by atoms with Gasteiger partial charge in [-0.3, -0.25) is 4.90 Å². The molecule has 3 fully saturated rings. The van der Waals surface area contributed by atoms with Gasteiger partial charge in [-0.2, -0.15) is 13.2 Å². The summed E-state index contributed by atoms with van der Waals surface area (Å²) in [5, 5.41) is 13.1. The number of likely N-dealkylation sites (tertiary alicyclic amines) is 1. The van der Waals surface area contributed by atoms with Crippen LogP contribution < -0.4 is 20.1 Å². The normalized spacial score (nSPS) is 23.7. The van der Waals surface area contributed by atoms with Crippen LogP contribution in [0.15, 0.2) is 36.4 Å². The number of benzene rings is 2. The molecule has 0 aromatic heterocycles. The maximum atomic E-state index is 13.5. The van der Waals surface area contributed by atoms with E-state index in [0.29, 0.717) is 11.7 Å². The van der Waals surface area contributed by atoms with E-state index < -0.39 is 18.0 Å². The molecule has 2 saturated carbocycles. The minimum Gasteiger partial charge on any atom is -0.493 e. The number of urea groups is 1. The molecule has 0 radical (unpaired) electrons. The number of alkyl halides is 3. The van der Waals surface area contributed by atoms with E-state index in [9.17, 15) is 22.4 Å². The first-order valence-corrected chi connectivity index (χ1v) is 14.0. The number of amides is 2. The van der Waals surface area contributed by atoms with Gasteiger partial charge in [-0.1, -0.05) is 17.7 Å². The largest absolute Gasteiger partial charge is 0.493 e. The number of carboxylic acids is 1. The van der Waals surface area contributed by atoms with Crippen molar-refractivity contribution in [1.82, 2.24) is 10.2 Å². The third kappa shape index (κ3) is 7.38. The number of carboxylic acid groups (broad SMARTS) is 1. The molecule has 8 nitrogen and oxygen atoms in total. The van der Waals surface area contributed by atoms with E-state index in [1.54, 1.807) is 14.2 Å². The molecule has 5 rings (SSSR count). The Morgan fingerprint density at radius 1 is 1.07 bits per heavy atom. The molecule has 2 aromatic carbocycles. The maximum Gasteiger partial charge on any atom is 0.490 e. The molecule has 3 atom stereocenters. The van der Waals surface area contributed by atoms with E-state index >= 15 is 0 Å². The van der Waals surface area contributed by atoms with Crippen molar-refractivity contribution in [3.05, 3.63) is 52.8 Å². The van der Waals surface area contributed by atoms with Crippen LogP contribution in [0.2, 0.25) is 5.02 Å². The van der Waals surface area contributed by atoms with E-state index in [1.165, 1.54) is 36.6 Å². The van der Waals surface area contributed by atoms with Crippen LogP contribution in [0.1, 0.15) is 44.1 Å². The molecule has 0 spiro atoms. The third-order valence-electron chi connectivity index (χ3n) is 8.27. The Labute approximate surface area is 246 Å². The Kier molecular flexibility index (Phi) is 9.77. The summed E-state index contributed by atoms with van der Waals surface area (Å²) in [4.78, 5) is 24.3. The van der Waals surface area contributed by atoms with Crippen molar-refractivity contribution in [2.75, 3.05) is 32.6 Å². The van der Waals surface area contributed by atoms with Crippen LogP contribution in [0.4, 0.5) is 28.0 Å². The van der Waals surface area contributed by atoms with Crippen molar-refractivity contribution in [2.45, 2.75) is 62.2 Å². The molecule has 3 N–H and O–H groups in total. The van der Waals surface area contributed by atoms with Crippen LogP contribution in [0.25, 0.3) is 0 Å². The van der Waals surface area contributed by atoms with E-state index in [-0.39, 0.29) is 22.5 Å². The predicted molar refractivity (Wildman–Crippen MR) is 149 cm³/mol. The number of rotatable bonds is 7. The van der Waals surface area contributed by atoms with Gasteiger partial charge in [-0.25, -0.2) is 14.0 Å². The summed E-state index contributed by atoms with van der Waals surface area (Å²) < 4.78 is 56.3. The Balaban J connectivity index is 0.000000517. The van der Waals surface area contributed by atoms with Crippen LogP contribution in [-0.2, 0) is 10.2 Å². The van der Waals surface area contributed by atoms with Crippen LogP contribution >= 0.6 is 11.6 Å². The van der Waals surface area contributed by atoms with Gasteiger partial charge < -0.3 is 25.2 Å². The standard InChI is InChI=1S/C27H33ClFN3O3.C2HF3O2/c1-34-23-8-5-18(13-24(23)35-2)27-10-9-20(15-25(27)32(12-11-27)16-17-3-4-17)31-26(33)30-19-6-7-22(29)21(28)14-19;3-2(4,5)1(6)7/h5-8,13-14,17,20,25H,3-4,9-12,15-16H2,1-2H3,(H2,30,31,33);(H,6,7). The SMILES string of the molecule is COc1ccc(C23CCC(NC(=O)Nc4ccc(F)c(Cl)c4)CC2N(CC2CC2)CC3)cc1OC.O=C(O)C(F)(F)F. The maximum absolute atomic E-state index is 13.5. The Bertz CT molecular complexity index is 1290. The van der Waals surface area contributed by atoms with Gasteiger partial charge in [0, 0.05) is 29.7 Å². The van der Waals surface area contributed by atoms with Crippen molar-refractivity contribution < 1.29 is 41.7 Å². The minimum absolute atomic E-state index is 0.0122. The second kappa shape index (κ2) is 12.9. The number of hydrogen-bond donors (Lipinski definition) is 3. The summed E-state index contributed by atoms with van der Waals surface area (Å²) in [6.45, 7) is 2.20. The summed E-state index contributed by atoms with van der Waals surface area (Å²) in [7, 11) is 3.34. The number of ether oxygens (including phenoxy) is 2. The molecular formula is C29H34ClF4N3O5. The van der Waals surface area contributed by atoms with Gasteiger partial charge in [0.2, 0.25) is 0 Å². The molecule has 1 aliphatic heterocycles. The molecule has 42 heavy (non-hydrogen) atoms. The monoisotopic (exact) mass is 615 g/mol. The summed E-state index contributed by atoms with van der Waals surface area (Å²) in [6, 6.07) is 10.7. The zero-order valence-electron chi connectivity index (χ0n) is 23.3. The Morgan fingerprint density at radius 2 is 1.76 bits per heavy atom. The number of methoxy groups -OCH3 is 2. The van der Waals surface area contributed by atoms with Gasteiger partial charge in [0.15, 0.2) is 11.5 Å². The first kappa shape index (κ1) is 31.7. The first-order valence-electron chi connectivity index (χ1n) is 13.7. The molecule has 0 bridgehead atoms. The molecule has 2 aromatic rings. The number of aliphatic carboxylic acids is 1. The lowest BCUT2D eigenvalue weighted by molar-refractivity contribution is -0.192. The molecule has 2 aliphatic carbocycles. The van der Waals surface area contributed by atoms with Crippen molar-refractivity contribution in [3.8, 4) is 11.5 Å². The van der Waals surface area contributed by atoms with E-state index in [0.717, 1.165) is 56.2 Å². The number of hydrogen-bond acceptors (Lipinski definition) is 5. The van der Waals surface area contributed by atoms with Gasteiger partial charge in [0.1, 0.15) is 5.82 Å². The van der Waals surface area contributed by atoms with Gasteiger partial charge in [-0.05, 0) is 86.9 Å². The van der Waals surface area contributed by atoms with Crippen LogP contribution in [0.5, 0.6) is 11.5 Å². The number of halogens is 5. The number of nitrogens with one attached hydrogen (secondary N) is 2. The lowest BCUT2D eigenvalue weighted by atomic mass is 9.65. The topological polar surface area (TPSA) is 100 Å². The fraction of sp³-hybridized carbons (Fsp3) is 0.517. The smallest absolute Gasteiger partial charge is 0.490 e. The zero-order valence-corrected chi connectivity index (χ0v) is 24.0. The Hall–Kier alpha value is -3.25. The second-order valence-corrected chi connectivity index (χ2v) is 11.3. The zero-order chi connectivity index (χ0) is 30.7. The molecule has 13 heteroatoms. The molecule has 1 saturated heterocycles. The average Bonchev–Trinajstić information content (AvgIpc) is 3.70. The van der Waals surface area contributed by atoms with Gasteiger partial charge in [-0.15, -0.1) is 0 Å². The summed E-state index contributed by atoms with van der Waals surface area (Å²) in [5.41, 5.74) is 1.80. The predicted octanol–water partition coefficient (Wildman–Crippen LogP) is 6.23. The summed E-state index contributed by atoms with van der Waals surface area (Å²) >= 11 is 5.86. The highest BCUT2D eigenvalue weighted by molar-refractivity contribution is 6.31. The quantitative estimate of drug-likeness (QED) is 0.320. The summed E-state index contributed by atoms with van der Waals surface area (Å²) in [6.07, 6.45) is 1.42. The molecule has 230 valence electrons. The molecular weight excluding hydrogens is 582 g/mol. The van der Waals surface area contributed by atoms with E-state index in [1.807, 2.05) is 6.07 Å². The molecule has 1 heterocycles. The number of fused-ring (bicyclic) bond motifs is 1. The molecule has 3 aliphatic rings. The lowest BCUT2D eigenvalue weighted by Crippen LogP contribution is -2.53. The average molecular weight is 616 g/mol. The van der Waals surface area contributed by atoms with E-state index in [2.05, 4.69) is 27.7 Å². The van der Waals surface area contributed by atoms with Gasteiger partial charge >= 0.3 is 18.2 Å². The Morgan fingerprint density at radius 3 is 2.36 bits per heavy atom. The highest BCUT2D eigenvalue weighted by atomic mass is 35.5. The fourth-order valence-corrected chi connectivity index (χ4v) is 6.22. The highest BCUT2D eigenvalue weighted by Gasteiger charge is 2.52. The van der Waals surface area contributed by atoms with E-state index in [4.69, 9.17) is 31.0 Å². The number of nitrogens with zero attached hydrogens (tertiary/aromatic N) is 1. The fourth-order valence-electron chi connectivity index (χ4n) is 6.04. The van der Waals surface area contributed by atoms with Crippen LogP contribution in [0.3, 0.4) is 0 Å². The number of anilines is 1. The lowest BCUT2D eigenvalue weighted by Gasteiger charge is -2.45. The van der Waals surface area contributed by atoms with Crippen LogP contribution in [-0.4, -0.2) is 67.6 Å². The molecule has 2 amide bonds. The minimum atomic E-state index is -5.08. The first-order chi connectivity index (χ1) is 19.9. The highest BCUT2D eigenvalue weighted by Crippen LogP contribution is 2.51. The van der Waals surface area contributed by atoms with Crippen molar-refractivity contribution >= 4 is 29.3 Å². The number of carbonyl (C=O) groups excluding carboxylic acids is 1. The van der Waals surface area contributed by atoms with Crippen molar-refractivity contribution in [2.24, 2.45) is 5.92 Å². The van der Waals surface area contributed by atoms with Crippen molar-refractivity contribution in [3.63, 3.8) is 0 Å². The van der Waals surface area contributed by atoms with Crippen molar-refractivity contribution in [1.29, 1.82) is 0 Å². The van der Waals surface area contributed by atoms with Gasteiger partial charge in [0.25, 0.3) is 0 Å².